The minimum absolute atomic E-state index is 0.236. The van der Waals surface area contributed by atoms with Crippen molar-refractivity contribution in [1.82, 2.24) is 20.1 Å². The van der Waals surface area contributed by atoms with Gasteiger partial charge in [0.1, 0.15) is 5.25 Å². The van der Waals surface area contributed by atoms with Crippen LogP contribution in [0.5, 0.6) is 0 Å². The van der Waals surface area contributed by atoms with Crippen molar-refractivity contribution in [2.45, 2.75) is 69.3 Å². The molecule has 0 aliphatic heterocycles. The number of carbonyl (C=O) groups excluding carboxylic acids is 1. The second-order valence-corrected chi connectivity index (χ2v) is 8.56. The minimum atomic E-state index is -4.01. The maximum absolute atomic E-state index is 12.6. The van der Waals surface area contributed by atoms with Crippen LogP contribution in [-0.2, 0) is 21.2 Å². The van der Waals surface area contributed by atoms with Crippen LogP contribution < -0.4 is 11.0 Å². The van der Waals surface area contributed by atoms with Crippen LogP contribution in [0.25, 0.3) is 0 Å². The van der Waals surface area contributed by atoms with E-state index in [1.165, 1.54) is 13.3 Å². The lowest BCUT2D eigenvalue weighted by atomic mass is 9.89. The van der Waals surface area contributed by atoms with Crippen molar-refractivity contribution >= 4 is 15.7 Å². The summed E-state index contributed by atoms with van der Waals surface area (Å²) in [4.78, 5) is 23.9. The van der Waals surface area contributed by atoms with Crippen LogP contribution in [-0.4, -0.2) is 40.9 Å². The lowest BCUT2D eigenvalue weighted by molar-refractivity contribution is -0.120. The molecular weight excluding hydrogens is 332 g/mol. The molecule has 1 aliphatic carbocycles. The molecule has 0 aromatic carbocycles. The van der Waals surface area contributed by atoms with E-state index in [2.05, 4.69) is 15.5 Å². The molecule has 1 amide bonds. The van der Waals surface area contributed by atoms with Gasteiger partial charge >= 0.3 is 5.69 Å². The number of sulfone groups is 1. The topological polar surface area (TPSA) is 114 Å². The van der Waals surface area contributed by atoms with E-state index < -0.39 is 26.7 Å². The highest BCUT2D eigenvalue weighted by Crippen LogP contribution is 2.23. The summed E-state index contributed by atoms with van der Waals surface area (Å²) >= 11 is 0. The van der Waals surface area contributed by atoms with Crippen molar-refractivity contribution in [1.29, 1.82) is 0 Å². The Kier molecular flexibility index (Phi) is 6.20. The number of rotatable bonds is 7. The maximum atomic E-state index is 12.6. The molecule has 24 heavy (non-hydrogen) atoms. The number of aromatic nitrogens is 3. The standard InChI is InChI=1S/C15H26N4O4S/c1-3-9-19-14(21)17-18-15(19)24(22,23)11(2)13(20)16-10-12-7-5-4-6-8-12/h11-12H,3-10H2,1-2H3,(H,16,20)(H,17,21). The number of amides is 1. The number of hydrogen-bond donors (Lipinski definition) is 2. The van der Waals surface area contributed by atoms with Gasteiger partial charge in [0.05, 0.1) is 0 Å². The Bertz CT molecular complexity index is 716. The molecule has 0 spiro atoms. The van der Waals surface area contributed by atoms with Gasteiger partial charge in [-0.1, -0.05) is 26.2 Å². The highest BCUT2D eigenvalue weighted by Gasteiger charge is 2.34. The second kappa shape index (κ2) is 7.96. The zero-order chi connectivity index (χ0) is 17.7. The van der Waals surface area contributed by atoms with Gasteiger partial charge in [-0.2, -0.15) is 0 Å². The lowest BCUT2D eigenvalue weighted by Crippen LogP contribution is -2.41. The molecule has 1 heterocycles. The third-order valence-electron chi connectivity index (χ3n) is 4.55. The van der Waals surface area contributed by atoms with E-state index in [0.717, 1.165) is 30.3 Å². The number of carbonyl (C=O) groups is 1. The number of aromatic amines is 1. The van der Waals surface area contributed by atoms with E-state index in [9.17, 15) is 18.0 Å². The predicted octanol–water partition coefficient (Wildman–Crippen LogP) is 0.840. The van der Waals surface area contributed by atoms with E-state index in [0.29, 0.717) is 18.9 Å². The first-order valence-electron chi connectivity index (χ1n) is 8.54. The van der Waals surface area contributed by atoms with Crippen molar-refractivity contribution in [3.63, 3.8) is 0 Å². The first-order chi connectivity index (χ1) is 11.4. The van der Waals surface area contributed by atoms with Gasteiger partial charge in [-0.15, -0.1) is 5.10 Å². The quantitative estimate of drug-likeness (QED) is 0.750. The Hall–Kier alpha value is -1.64. The molecule has 8 nitrogen and oxygen atoms in total. The molecule has 1 fully saturated rings. The van der Waals surface area contributed by atoms with Gasteiger partial charge in [-0.05, 0) is 32.1 Å². The summed E-state index contributed by atoms with van der Waals surface area (Å²) in [7, 11) is -4.01. The molecule has 2 rings (SSSR count). The summed E-state index contributed by atoms with van der Waals surface area (Å²) in [6.07, 6.45) is 6.26. The highest BCUT2D eigenvalue weighted by molar-refractivity contribution is 7.92. The van der Waals surface area contributed by atoms with Crippen LogP contribution in [0.4, 0.5) is 0 Å². The van der Waals surface area contributed by atoms with Crippen LogP contribution >= 0.6 is 0 Å². The largest absolute Gasteiger partial charge is 0.355 e. The molecule has 1 atom stereocenters. The Balaban J connectivity index is 2.07. The zero-order valence-corrected chi connectivity index (χ0v) is 15.1. The van der Waals surface area contributed by atoms with Crippen molar-refractivity contribution in [3.05, 3.63) is 10.5 Å². The van der Waals surface area contributed by atoms with Crippen molar-refractivity contribution in [2.24, 2.45) is 5.92 Å². The van der Waals surface area contributed by atoms with Gasteiger partial charge in [-0.3, -0.25) is 9.36 Å². The van der Waals surface area contributed by atoms with Crippen molar-refractivity contribution in [2.75, 3.05) is 6.54 Å². The van der Waals surface area contributed by atoms with Gasteiger partial charge in [0.15, 0.2) is 0 Å². The summed E-state index contributed by atoms with van der Waals surface area (Å²) in [6.45, 7) is 3.90. The van der Waals surface area contributed by atoms with Gasteiger partial charge in [0.2, 0.25) is 15.7 Å². The van der Waals surface area contributed by atoms with E-state index in [1.807, 2.05) is 6.92 Å². The number of nitrogens with one attached hydrogen (secondary N) is 2. The summed E-state index contributed by atoms with van der Waals surface area (Å²) in [5.74, 6) is -0.125. The molecule has 1 unspecified atom stereocenters. The fraction of sp³-hybridized carbons (Fsp3) is 0.800. The molecule has 0 saturated heterocycles. The molecule has 9 heteroatoms. The third-order valence-corrected chi connectivity index (χ3v) is 6.51. The van der Waals surface area contributed by atoms with Crippen LogP contribution in [0.2, 0.25) is 0 Å². The van der Waals surface area contributed by atoms with E-state index in [4.69, 9.17) is 0 Å². The molecule has 1 saturated carbocycles. The molecule has 2 N–H and O–H groups in total. The van der Waals surface area contributed by atoms with Crippen LogP contribution in [0.3, 0.4) is 0 Å². The molecule has 1 aliphatic rings. The molecular formula is C15H26N4O4S. The first-order valence-corrected chi connectivity index (χ1v) is 10.1. The van der Waals surface area contributed by atoms with Gasteiger partial charge in [-0.25, -0.2) is 18.3 Å². The molecule has 1 aromatic heterocycles. The third kappa shape index (κ3) is 4.06. The smallest absolute Gasteiger partial charge is 0.344 e. The molecule has 1 aromatic rings. The lowest BCUT2D eigenvalue weighted by Gasteiger charge is -2.22. The van der Waals surface area contributed by atoms with Crippen LogP contribution in [0.15, 0.2) is 9.95 Å². The first kappa shape index (κ1) is 18.7. The fourth-order valence-electron chi connectivity index (χ4n) is 3.02. The van der Waals surface area contributed by atoms with Crippen LogP contribution in [0, 0.1) is 5.92 Å². The number of nitrogens with zero attached hydrogens (tertiary/aromatic N) is 2. The number of hydrogen-bond acceptors (Lipinski definition) is 5. The monoisotopic (exact) mass is 358 g/mol. The van der Waals surface area contributed by atoms with Crippen LogP contribution in [0.1, 0.15) is 52.4 Å². The van der Waals surface area contributed by atoms with E-state index in [-0.39, 0.29) is 11.7 Å². The van der Waals surface area contributed by atoms with Crippen molar-refractivity contribution < 1.29 is 13.2 Å². The Morgan fingerprint density at radius 3 is 2.67 bits per heavy atom. The van der Waals surface area contributed by atoms with Gasteiger partial charge in [0, 0.05) is 13.1 Å². The summed E-state index contributed by atoms with van der Waals surface area (Å²) in [5, 5.41) is 6.86. The molecule has 0 radical (unpaired) electrons. The predicted molar refractivity (Wildman–Crippen MR) is 89.4 cm³/mol. The summed E-state index contributed by atoms with van der Waals surface area (Å²) in [5.41, 5.74) is -0.578. The average molecular weight is 358 g/mol. The second-order valence-electron chi connectivity index (χ2n) is 6.40. The maximum Gasteiger partial charge on any atom is 0.344 e. The Morgan fingerprint density at radius 1 is 1.38 bits per heavy atom. The minimum Gasteiger partial charge on any atom is -0.355 e. The van der Waals surface area contributed by atoms with Crippen molar-refractivity contribution in [3.8, 4) is 0 Å². The molecule has 0 bridgehead atoms. The number of H-pyrrole nitrogens is 1. The summed E-state index contributed by atoms with van der Waals surface area (Å²) < 4.78 is 26.3. The Morgan fingerprint density at radius 2 is 2.04 bits per heavy atom. The SMILES string of the molecule is CCCn1c(S(=O)(=O)C(C)C(=O)NCC2CCCCC2)n[nH]c1=O. The van der Waals surface area contributed by atoms with E-state index in [1.54, 1.807) is 0 Å². The van der Waals surface area contributed by atoms with E-state index >= 15 is 0 Å². The normalized spacial score (nSPS) is 17.6. The fourth-order valence-corrected chi connectivity index (χ4v) is 4.36. The van der Waals surface area contributed by atoms with Gasteiger partial charge < -0.3 is 5.32 Å². The zero-order valence-electron chi connectivity index (χ0n) is 14.2. The Labute approximate surface area is 141 Å². The highest BCUT2D eigenvalue weighted by atomic mass is 32.2. The van der Waals surface area contributed by atoms with Gasteiger partial charge in [0.25, 0.3) is 5.16 Å². The molecule has 136 valence electrons. The summed E-state index contributed by atoms with van der Waals surface area (Å²) in [6, 6.07) is 0. The average Bonchev–Trinajstić information content (AvgIpc) is 2.95.